The minimum absolute atomic E-state index is 0.0845. The van der Waals surface area contributed by atoms with Gasteiger partial charge in [-0.05, 0) is 60.8 Å². The summed E-state index contributed by atoms with van der Waals surface area (Å²) in [5, 5.41) is 6.28. The lowest BCUT2D eigenvalue weighted by atomic mass is 9.92. The fraction of sp³-hybridized carbons (Fsp3) is 0.538. The quantitative estimate of drug-likeness (QED) is 0.882. The summed E-state index contributed by atoms with van der Waals surface area (Å²) < 4.78 is 0.925. The molecule has 1 aliphatic rings. The molecule has 0 saturated carbocycles. The maximum Gasteiger partial charge on any atom is 0.228 e. The Hall–Kier alpha value is -0.940. The number of aromatic nitrogens is 1. The van der Waals surface area contributed by atoms with E-state index in [2.05, 4.69) is 38.5 Å². The molecule has 2 rings (SSSR count). The van der Waals surface area contributed by atoms with Crippen LogP contribution in [0.15, 0.2) is 16.7 Å². The molecule has 1 aromatic rings. The van der Waals surface area contributed by atoms with Crippen LogP contribution >= 0.6 is 15.9 Å². The van der Waals surface area contributed by atoms with Crippen LogP contribution in [0.25, 0.3) is 0 Å². The Morgan fingerprint density at radius 1 is 1.61 bits per heavy atom. The molecule has 0 spiro atoms. The van der Waals surface area contributed by atoms with Gasteiger partial charge in [-0.3, -0.25) is 4.79 Å². The maximum atomic E-state index is 12.2. The lowest BCUT2D eigenvalue weighted by Gasteiger charge is -2.27. The molecule has 0 bridgehead atoms. The zero-order valence-corrected chi connectivity index (χ0v) is 12.3. The minimum Gasteiger partial charge on any atom is -0.314 e. The van der Waals surface area contributed by atoms with Crippen molar-refractivity contribution in [3.8, 4) is 0 Å². The van der Waals surface area contributed by atoms with Gasteiger partial charge in [0.05, 0.1) is 0 Å². The van der Waals surface area contributed by atoms with Gasteiger partial charge in [0.1, 0.15) is 5.82 Å². The standard InChI is InChI=1S/C13H18BrN3O/c1-8-5-11(14)7-16-12(8)17-13(18)10-3-4-15-9(2)6-10/h5,7,9-10,15H,3-4,6H2,1-2H3,(H,16,17,18). The third-order valence-electron chi connectivity index (χ3n) is 3.28. The van der Waals surface area contributed by atoms with Crippen molar-refractivity contribution >= 4 is 27.7 Å². The van der Waals surface area contributed by atoms with E-state index in [4.69, 9.17) is 0 Å². The number of carbonyl (C=O) groups is 1. The Labute approximate surface area is 116 Å². The maximum absolute atomic E-state index is 12.2. The Morgan fingerprint density at radius 2 is 2.39 bits per heavy atom. The number of nitrogens with zero attached hydrogens (tertiary/aromatic N) is 1. The van der Waals surface area contributed by atoms with Crippen LogP contribution in [0.4, 0.5) is 5.82 Å². The van der Waals surface area contributed by atoms with Gasteiger partial charge in [-0.25, -0.2) is 4.98 Å². The molecule has 2 unspecified atom stereocenters. The van der Waals surface area contributed by atoms with Crippen molar-refractivity contribution < 1.29 is 4.79 Å². The van der Waals surface area contributed by atoms with Crippen LogP contribution < -0.4 is 10.6 Å². The Balaban J connectivity index is 2.02. The first-order chi connectivity index (χ1) is 8.56. The molecular formula is C13H18BrN3O. The van der Waals surface area contributed by atoms with Gasteiger partial charge in [-0.1, -0.05) is 0 Å². The second kappa shape index (κ2) is 5.80. The summed E-state index contributed by atoms with van der Waals surface area (Å²) >= 11 is 3.36. The Bertz CT molecular complexity index is 450. The summed E-state index contributed by atoms with van der Waals surface area (Å²) in [6, 6.07) is 2.36. The number of rotatable bonds is 2. The molecule has 1 saturated heterocycles. The summed E-state index contributed by atoms with van der Waals surface area (Å²) in [5.74, 6) is 0.835. The molecule has 98 valence electrons. The van der Waals surface area contributed by atoms with E-state index in [-0.39, 0.29) is 11.8 Å². The van der Waals surface area contributed by atoms with Gasteiger partial charge in [0, 0.05) is 22.6 Å². The van der Waals surface area contributed by atoms with Crippen LogP contribution in [0.5, 0.6) is 0 Å². The van der Waals surface area contributed by atoms with E-state index >= 15 is 0 Å². The first-order valence-electron chi connectivity index (χ1n) is 6.22. The zero-order valence-electron chi connectivity index (χ0n) is 10.7. The summed E-state index contributed by atoms with van der Waals surface area (Å²) in [6.45, 7) is 4.97. The van der Waals surface area contributed by atoms with Crippen LogP contribution in [0.1, 0.15) is 25.3 Å². The molecule has 1 fully saturated rings. The number of anilines is 1. The van der Waals surface area contributed by atoms with Gasteiger partial charge >= 0.3 is 0 Å². The van der Waals surface area contributed by atoms with Gasteiger partial charge in [0.25, 0.3) is 0 Å². The molecule has 5 heteroatoms. The summed E-state index contributed by atoms with van der Waals surface area (Å²) in [6.07, 6.45) is 3.49. The fourth-order valence-electron chi connectivity index (χ4n) is 2.26. The molecule has 2 heterocycles. The highest BCUT2D eigenvalue weighted by atomic mass is 79.9. The second-order valence-electron chi connectivity index (χ2n) is 4.88. The van der Waals surface area contributed by atoms with E-state index < -0.39 is 0 Å². The van der Waals surface area contributed by atoms with Gasteiger partial charge < -0.3 is 10.6 Å². The number of hydrogen-bond donors (Lipinski definition) is 2. The van der Waals surface area contributed by atoms with Crippen LogP contribution in [-0.2, 0) is 4.79 Å². The van der Waals surface area contributed by atoms with Gasteiger partial charge in [-0.2, -0.15) is 0 Å². The molecule has 0 aliphatic carbocycles. The molecule has 2 atom stereocenters. The molecule has 18 heavy (non-hydrogen) atoms. The highest BCUT2D eigenvalue weighted by Gasteiger charge is 2.25. The van der Waals surface area contributed by atoms with Gasteiger partial charge in [-0.15, -0.1) is 0 Å². The number of halogens is 1. The molecule has 1 amide bonds. The average Bonchev–Trinajstić information content (AvgIpc) is 2.32. The predicted molar refractivity (Wildman–Crippen MR) is 75.5 cm³/mol. The van der Waals surface area contributed by atoms with Crippen molar-refractivity contribution in [2.45, 2.75) is 32.7 Å². The van der Waals surface area contributed by atoms with E-state index in [0.29, 0.717) is 11.9 Å². The van der Waals surface area contributed by atoms with Gasteiger partial charge in [0.15, 0.2) is 0 Å². The minimum atomic E-state index is 0.0845. The zero-order chi connectivity index (χ0) is 13.1. The Morgan fingerprint density at radius 3 is 3.06 bits per heavy atom. The van der Waals surface area contributed by atoms with Crippen LogP contribution in [0.2, 0.25) is 0 Å². The smallest absolute Gasteiger partial charge is 0.228 e. The van der Waals surface area contributed by atoms with Crippen LogP contribution in [-0.4, -0.2) is 23.5 Å². The number of amides is 1. The molecular weight excluding hydrogens is 294 g/mol. The van der Waals surface area contributed by atoms with Crippen molar-refractivity contribution in [2.75, 3.05) is 11.9 Å². The van der Waals surface area contributed by atoms with E-state index in [1.165, 1.54) is 0 Å². The molecule has 0 aromatic carbocycles. The van der Waals surface area contributed by atoms with Crippen molar-refractivity contribution in [3.63, 3.8) is 0 Å². The molecule has 1 aromatic heterocycles. The van der Waals surface area contributed by atoms with Gasteiger partial charge in [0.2, 0.25) is 5.91 Å². The highest BCUT2D eigenvalue weighted by Crippen LogP contribution is 2.21. The number of carbonyl (C=O) groups excluding carboxylic acids is 1. The topological polar surface area (TPSA) is 54.0 Å². The molecule has 2 N–H and O–H groups in total. The molecule has 1 aliphatic heterocycles. The monoisotopic (exact) mass is 311 g/mol. The van der Waals surface area contributed by atoms with Crippen molar-refractivity contribution in [1.29, 1.82) is 0 Å². The lowest BCUT2D eigenvalue weighted by Crippen LogP contribution is -2.40. The molecule has 0 radical (unpaired) electrons. The first-order valence-corrected chi connectivity index (χ1v) is 7.02. The SMILES string of the molecule is Cc1cc(Br)cnc1NC(=O)C1CCNC(C)C1. The van der Waals surface area contributed by atoms with Crippen LogP contribution in [0, 0.1) is 12.8 Å². The molecule has 4 nitrogen and oxygen atoms in total. The number of aryl methyl sites for hydroxylation is 1. The second-order valence-corrected chi connectivity index (χ2v) is 5.80. The van der Waals surface area contributed by atoms with E-state index in [1.54, 1.807) is 6.20 Å². The third-order valence-corrected chi connectivity index (χ3v) is 3.71. The lowest BCUT2D eigenvalue weighted by molar-refractivity contribution is -0.120. The fourth-order valence-corrected chi connectivity index (χ4v) is 2.71. The van der Waals surface area contributed by atoms with E-state index in [9.17, 15) is 4.79 Å². The highest BCUT2D eigenvalue weighted by molar-refractivity contribution is 9.10. The third kappa shape index (κ3) is 3.29. The van der Waals surface area contributed by atoms with Crippen molar-refractivity contribution in [3.05, 3.63) is 22.3 Å². The van der Waals surface area contributed by atoms with E-state index in [0.717, 1.165) is 29.4 Å². The van der Waals surface area contributed by atoms with Crippen molar-refractivity contribution in [2.24, 2.45) is 5.92 Å². The normalized spacial score (nSPS) is 23.7. The predicted octanol–water partition coefficient (Wildman–Crippen LogP) is 2.48. The largest absolute Gasteiger partial charge is 0.314 e. The number of pyridine rings is 1. The number of hydrogen-bond acceptors (Lipinski definition) is 3. The summed E-state index contributed by atoms with van der Waals surface area (Å²) in [5.41, 5.74) is 0.972. The number of nitrogens with one attached hydrogen (secondary N) is 2. The van der Waals surface area contributed by atoms with Crippen LogP contribution in [0.3, 0.4) is 0 Å². The number of piperidine rings is 1. The van der Waals surface area contributed by atoms with Crippen molar-refractivity contribution in [1.82, 2.24) is 10.3 Å². The average molecular weight is 312 g/mol. The summed E-state index contributed by atoms with van der Waals surface area (Å²) in [4.78, 5) is 16.4. The first kappa shape index (κ1) is 13.5. The van der Waals surface area contributed by atoms with E-state index in [1.807, 2.05) is 13.0 Å². The Kier molecular flexibility index (Phi) is 4.35. The summed E-state index contributed by atoms with van der Waals surface area (Å²) in [7, 11) is 0.